The van der Waals surface area contributed by atoms with Gasteiger partial charge in [-0.25, -0.2) is 8.78 Å². The normalized spacial score (nSPS) is 12.0. The number of hydrogen-bond acceptors (Lipinski definition) is 4. The molecule has 8 heteroatoms. The van der Waals surface area contributed by atoms with Crippen molar-refractivity contribution in [2.75, 3.05) is 23.6 Å². The molecule has 1 aliphatic rings. The molecule has 25 heavy (non-hydrogen) atoms. The summed E-state index contributed by atoms with van der Waals surface area (Å²) in [7, 11) is 0. The van der Waals surface area contributed by atoms with Crippen molar-refractivity contribution in [3.8, 4) is 11.5 Å². The number of fused-ring (bicyclic) bond motifs is 1. The van der Waals surface area contributed by atoms with Gasteiger partial charge in [-0.1, -0.05) is 0 Å². The molecule has 0 fully saturated rings. The van der Waals surface area contributed by atoms with Crippen LogP contribution in [0.1, 0.15) is 6.92 Å². The van der Waals surface area contributed by atoms with E-state index in [9.17, 15) is 18.4 Å². The van der Waals surface area contributed by atoms with Gasteiger partial charge in [-0.05, 0) is 24.3 Å². The van der Waals surface area contributed by atoms with E-state index < -0.39 is 17.5 Å². The number of nitrogens with zero attached hydrogens (tertiary/aromatic N) is 1. The van der Waals surface area contributed by atoms with Crippen molar-refractivity contribution in [1.29, 1.82) is 0 Å². The number of ether oxygens (including phenoxy) is 2. The summed E-state index contributed by atoms with van der Waals surface area (Å²) in [5.74, 6) is -1.64. The summed E-state index contributed by atoms with van der Waals surface area (Å²) in [6.07, 6.45) is 0. The Labute approximate surface area is 141 Å². The number of carbonyl (C=O) groups is 2. The molecule has 0 bridgehead atoms. The topological polar surface area (TPSA) is 67.9 Å². The summed E-state index contributed by atoms with van der Waals surface area (Å²) < 4.78 is 37.0. The van der Waals surface area contributed by atoms with E-state index in [2.05, 4.69) is 5.32 Å². The summed E-state index contributed by atoms with van der Waals surface area (Å²) in [5.41, 5.74) is 0.270. The van der Waals surface area contributed by atoms with Crippen molar-refractivity contribution in [2.45, 2.75) is 6.92 Å². The molecule has 0 saturated carbocycles. The number of carbonyl (C=O) groups excluding carboxylic acids is 2. The van der Waals surface area contributed by atoms with E-state index in [4.69, 9.17) is 9.47 Å². The van der Waals surface area contributed by atoms with Crippen molar-refractivity contribution >= 4 is 23.2 Å². The summed E-state index contributed by atoms with van der Waals surface area (Å²) in [6.45, 7) is 1.05. The lowest BCUT2D eigenvalue weighted by Gasteiger charge is -2.21. The highest BCUT2D eigenvalue weighted by molar-refractivity contribution is 6.02. The first-order valence-corrected chi connectivity index (χ1v) is 7.36. The molecular formula is C17H14F2N2O4. The highest BCUT2D eigenvalue weighted by Gasteiger charge is 2.20. The third kappa shape index (κ3) is 3.68. The number of benzene rings is 2. The molecule has 1 aliphatic heterocycles. The van der Waals surface area contributed by atoms with Crippen molar-refractivity contribution in [3.05, 3.63) is 48.0 Å². The van der Waals surface area contributed by atoms with Gasteiger partial charge in [-0.15, -0.1) is 0 Å². The summed E-state index contributed by atoms with van der Waals surface area (Å²) >= 11 is 0. The molecule has 0 saturated heterocycles. The molecule has 2 aromatic carbocycles. The second kappa shape index (κ2) is 6.76. The van der Waals surface area contributed by atoms with E-state index in [1.165, 1.54) is 11.8 Å². The average Bonchev–Trinajstić information content (AvgIpc) is 3.02. The van der Waals surface area contributed by atoms with Crippen LogP contribution in [0.4, 0.5) is 20.2 Å². The Bertz CT molecular complexity index is 841. The van der Waals surface area contributed by atoms with Gasteiger partial charge in [0, 0.05) is 24.7 Å². The van der Waals surface area contributed by atoms with E-state index in [1.807, 2.05) is 0 Å². The lowest BCUT2D eigenvalue weighted by Crippen LogP contribution is -2.36. The zero-order chi connectivity index (χ0) is 18.0. The van der Waals surface area contributed by atoms with Crippen LogP contribution >= 0.6 is 0 Å². The fourth-order valence-electron chi connectivity index (χ4n) is 2.36. The molecule has 0 spiro atoms. The van der Waals surface area contributed by atoms with E-state index in [0.29, 0.717) is 23.3 Å². The van der Waals surface area contributed by atoms with Crippen LogP contribution in [0, 0.1) is 11.6 Å². The minimum Gasteiger partial charge on any atom is -0.454 e. The second-order valence-electron chi connectivity index (χ2n) is 5.32. The first kappa shape index (κ1) is 16.7. The van der Waals surface area contributed by atoms with Crippen molar-refractivity contribution in [3.63, 3.8) is 0 Å². The van der Waals surface area contributed by atoms with Gasteiger partial charge in [0.25, 0.3) is 0 Å². The zero-order valence-electron chi connectivity index (χ0n) is 13.2. The van der Waals surface area contributed by atoms with Crippen LogP contribution in [0.2, 0.25) is 0 Å². The monoisotopic (exact) mass is 348 g/mol. The van der Waals surface area contributed by atoms with E-state index in [0.717, 1.165) is 12.1 Å². The Balaban J connectivity index is 1.75. The highest BCUT2D eigenvalue weighted by Crippen LogP contribution is 2.35. The fraction of sp³-hybridized carbons (Fsp3) is 0.176. The molecule has 0 aliphatic carbocycles. The third-order valence-corrected chi connectivity index (χ3v) is 3.55. The quantitative estimate of drug-likeness (QED) is 0.922. The Morgan fingerprint density at radius 3 is 2.60 bits per heavy atom. The van der Waals surface area contributed by atoms with Gasteiger partial charge in [0.1, 0.15) is 18.2 Å². The van der Waals surface area contributed by atoms with Gasteiger partial charge in [0.05, 0.1) is 5.69 Å². The van der Waals surface area contributed by atoms with Crippen LogP contribution in [-0.4, -0.2) is 25.2 Å². The Kier molecular flexibility index (Phi) is 4.51. The molecule has 1 N–H and O–H groups in total. The highest BCUT2D eigenvalue weighted by atomic mass is 19.1. The maximum atomic E-state index is 13.6. The van der Waals surface area contributed by atoms with Gasteiger partial charge in [-0.3, -0.25) is 9.59 Å². The predicted molar refractivity (Wildman–Crippen MR) is 85.6 cm³/mol. The summed E-state index contributed by atoms with van der Waals surface area (Å²) in [6, 6.07) is 7.62. The van der Waals surface area contributed by atoms with Gasteiger partial charge in [0.2, 0.25) is 18.6 Å². The molecule has 0 atom stereocenters. The van der Waals surface area contributed by atoms with Gasteiger partial charge in [-0.2, -0.15) is 0 Å². The summed E-state index contributed by atoms with van der Waals surface area (Å²) in [4.78, 5) is 25.3. The number of hydrogen-bond donors (Lipinski definition) is 1. The van der Waals surface area contributed by atoms with E-state index in [1.54, 1.807) is 18.2 Å². The largest absolute Gasteiger partial charge is 0.454 e. The zero-order valence-corrected chi connectivity index (χ0v) is 13.2. The smallest absolute Gasteiger partial charge is 0.244 e. The maximum Gasteiger partial charge on any atom is 0.244 e. The molecule has 6 nitrogen and oxygen atoms in total. The summed E-state index contributed by atoms with van der Waals surface area (Å²) in [5, 5.41) is 2.31. The van der Waals surface area contributed by atoms with Gasteiger partial charge < -0.3 is 19.7 Å². The molecule has 0 unspecified atom stereocenters. The number of halogens is 2. The molecule has 130 valence electrons. The van der Waals surface area contributed by atoms with Gasteiger partial charge >= 0.3 is 0 Å². The van der Waals surface area contributed by atoms with Crippen LogP contribution in [0.25, 0.3) is 0 Å². The number of rotatable bonds is 4. The molecule has 0 aromatic heterocycles. The van der Waals surface area contributed by atoms with E-state index >= 15 is 0 Å². The molecule has 2 aromatic rings. The molecule has 1 heterocycles. The Hall–Kier alpha value is -3.16. The van der Waals surface area contributed by atoms with Crippen molar-refractivity contribution in [1.82, 2.24) is 0 Å². The minimum absolute atomic E-state index is 0.0865. The predicted octanol–water partition coefficient (Wildman–Crippen LogP) is 2.69. The SMILES string of the molecule is CC(=O)N(CC(=O)Nc1ccc(F)cc1F)c1ccc2c(c1)OCO2. The van der Waals surface area contributed by atoms with Crippen LogP contribution < -0.4 is 19.7 Å². The van der Waals surface area contributed by atoms with Crippen molar-refractivity contribution in [2.24, 2.45) is 0 Å². The van der Waals surface area contributed by atoms with Crippen LogP contribution in [0.5, 0.6) is 11.5 Å². The molecule has 2 amide bonds. The van der Waals surface area contributed by atoms with E-state index in [-0.39, 0.29) is 24.9 Å². The number of anilines is 2. The maximum absolute atomic E-state index is 13.6. The van der Waals surface area contributed by atoms with Gasteiger partial charge in [0.15, 0.2) is 11.5 Å². The molecule has 3 rings (SSSR count). The standard InChI is InChI=1S/C17H14F2N2O4/c1-10(22)21(12-3-5-15-16(7-12)25-9-24-15)8-17(23)20-14-4-2-11(18)6-13(14)19/h2-7H,8-9H2,1H3,(H,20,23). The van der Waals surface area contributed by atoms with Crippen LogP contribution in [0.3, 0.4) is 0 Å². The minimum atomic E-state index is -0.897. The molecular weight excluding hydrogens is 334 g/mol. The first-order chi connectivity index (χ1) is 11.9. The second-order valence-corrected chi connectivity index (χ2v) is 5.32. The van der Waals surface area contributed by atoms with Crippen molar-refractivity contribution < 1.29 is 27.8 Å². The first-order valence-electron chi connectivity index (χ1n) is 7.36. The molecule has 0 radical (unpaired) electrons. The fourth-order valence-corrected chi connectivity index (χ4v) is 2.36. The lowest BCUT2D eigenvalue weighted by molar-refractivity contribution is -0.120. The average molecular weight is 348 g/mol. The van der Waals surface area contributed by atoms with Crippen LogP contribution in [0.15, 0.2) is 36.4 Å². The lowest BCUT2D eigenvalue weighted by atomic mass is 10.2. The third-order valence-electron chi connectivity index (χ3n) is 3.55. The number of nitrogens with one attached hydrogen (secondary N) is 1. The number of amides is 2. The van der Waals surface area contributed by atoms with Crippen LogP contribution in [-0.2, 0) is 9.59 Å². The Morgan fingerprint density at radius 2 is 1.88 bits per heavy atom. The Morgan fingerprint density at radius 1 is 1.12 bits per heavy atom.